The lowest BCUT2D eigenvalue weighted by atomic mass is 10.1. The molecule has 1 unspecified atom stereocenters. The van der Waals surface area contributed by atoms with Crippen molar-refractivity contribution in [1.82, 2.24) is 4.31 Å². The van der Waals surface area contributed by atoms with Crippen LogP contribution in [0.4, 0.5) is 4.39 Å². The van der Waals surface area contributed by atoms with Crippen molar-refractivity contribution in [2.24, 2.45) is 0 Å². The minimum atomic E-state index is -3.84. The van der Waals surface area contributed by atoms with Crippen LogP contribution in [0, 0.1) is 5.82 Å². The topological polar surface area (TPSA) is 76.1 Å². The Morgan fingerprint density at radius 2 is 1.68 bits per heavy atom. The largest absolute Gasteiger partial charge is 0.493 e. The third-order valence-corrected chi connectivity index (χ3v) is 5.58. The minimum Gasteiger partial charge on any atom is -0.493 e. The Labute approximate surface area is 146 Å². The molecule has 136 valence electrons. The molecule has 8 heteroatoms. The number of sulfonamides is 1. The van der Waals surface area contributed by atoms with E-state index in [4.69, 9.17) is 9.47 Å². The standard InChI is InChI=1S/C17H20FNO5S/c1-19(25(21,22)14-7-5-13(18)6-8-14)11-15(20)12-4-9-16(23-2)17(10-12)24-3/h4-10,15,20H,11H2,1-3H3. The molecule has 0 aliphatic heterocycles. The lowest BCUT2D eigenvalue weighted by Crippen LogP contribution is -2.31. The monoisotopic (exact) mass is 369 g/mol. The zero-order valence-corrected chi connectivity index (χ0v) is 15.0. The van der Waals surface area contributed by atoms with Crippen LogP contribution in [-0.4, -0.2) is 45.6 Å². The Kier molecular flexibility index (Phi) is 5.99. The number of hydrogen-bond donors (Lipinski definition) is 1. The van der Waals surface area contributed by atoms with E-state index >= 15 is 0 Å². The van der Waals surface area contributed by atoms with E-state index in [9.17, 15) is 17.9 Å². The van der Waals surface area contributed by atoms with Gasteiger partial charge in [-0.3, -0.25) is 0 Å². The summed E-state index contributed by atoms with van der Waals surface area (Å²) in [6.45, 7) is -0.171. The Balaban J connectivity index is 2.19. The van der Waals surface area contributed by atoms with Gasteiger partial charge >= 0.3 is 0 Å². The summed E-state index contributed by atoms with van der Waals surface area (Å²) >= 11 is 0. The molecule has 6 nitrogen and oxygen atoms in total. The van der Waals surface area contributed by atoms with Gasteiger partial charge in [0.1, 0.15) is 5.82 Å². The SMILES string of the molecule is COc1ccc(C(O)CN(C)S(=O)(=O)c2ccc(F)cc2)cc1OC. The van der Waals surface area contributed by atoms with Crippen LogP contribution >= 0.6 is 0 Å². The molecule has 0 radical (unpaired) electrons. The summed E-state index contributed by atoms with van der Waals surface area (Å²) in [7, 11) is 0.482. The highest BCUT2D eigenvalue weighted by molar-refractivity contribution is 7.89. The van der Waals surface area contributed by atoms with E-state index in [1.54, 1.807) is 18.2 Å². The molecule has 1 N–H and O–H groups in total. The molecule has 0 aromatic heterocycles. The highest BCUT2D eigenvalue weighted by Crippen LogP contribution is 2.30. The second kappa shape index (κ2) is 7.81. The molecule has 25 heavy (non-hydrogen) atoms. The lowest BCUT2D eigenvalue weighted by Gasteiger charge is -2.21. The molecule has 1 atom stereocenters. The van der Waals surface area contributed by atoms with Crippen molar-refractivity contribution in [3.05, 3.63) is 53.8 Å². The maximum atomic E-state index is 13.0. The van der Waals surface area contributed by atoms with E-state index in [1.165, 1.54) is 33.4 Å². The zero-order chi connectivity index (χ0) is 18.6. The van der Waals surface area contributed by atoms with Crippen molar-refractivity contribution in [2.45, 2.75) is 11.0 Å². The van der Waals surface area contributed by atoms with Crippen molar-refractivity contribution >= 4 is 10.0 Å². The van der Waals surface area contributed by atoms with Gasteiger partial charge in [0, 0.05) is 13.6 Å². The smallest absolute Gasteiger partial charge is 0.242 e. The maximum Gasteiger partial charge on any atom is 0.242 e. The van der Waals surface area contributed by atoms with Gasteiger partial charge < -0.3 is 14.6 Å². The van der Waals surface area contributed by atoms with Gasteiger partial charge in [-0.05, 0) is 42.0 Å². The van der Waals surface area contributed by atoms with E-state index in [0.29, 0.717) is 17.1 Å². The summed E-state index contributed by atoms with van der Waals surface area (Å²) in [4.78, 5) is -0.0455. The molecule has 0 aliphatic rings. The highest BCUT2D eigenvalue weighted by atomic mass is 32.2. The van der Waals surface area contributed by atoms with Crippen molar-refractivity contribution in [3.63, 3.8) is 0 Å². The van der Waals surface area contributed by atoms with Gasteiger partial charge in [-0.1, -0.05) is 6.07 Å². The van der Waals surface area contributed by atoms with Gasteiger partial charge in [0.15, 0.2) is 11.5 Å². The number of ether oxygens (including phenoxy) is 2. The summed E-state index contributed by atoms with van der Waals surface area (Å²) < 4.78 is 49.3. The van der Waals surface area contributed by atoms with E-state index < -0.39 is 21.9 Å². The molecular formula is C17H20FNO5S. The normalized spacial score (nSPS) is 12.9. The number of rotatable bonds is 7. The first-order valence-electron chi connectivity index (χ1n) is 7.41. The molecule has 0 fully saturated rings. The molecule has 2 aromatic rings. The first kappa shape index (κ1) is 19.2. The summed E-state index contributed by atoms with van der Waals surface area (Å²) in [6.07, 6.45) is -1.07. The molecule has 0 amide bonds. The van der Waals surface area contributed by atoms with Crippen LogP contribution in [0.2, 0.25) is 0 Å². The summed E-state index contributed by atoms with van der Waals surface area (Å²) in [5.41, 5.74) is 0.485. The second-order valence-corrected chi connectivity index (χ2v) is 7.41. The maximum absolute atomic E-state index is 13.0. The van der Waals surface area contributed by atoms with E-state index in [0.717, 1.165) is 16.4 Å². The van der Waals surface area contributed by atoms with E-state index in [-0.39, 0.29) is 11.4 Å². The molecule has 0 heterocycles. The average Bonchev–Trinajstić information content (AvgIpc) is 2.61. The Morgan fingerprint density at radius 1 is 1.08 bits per heavy atom. The molecule has 0 saturated heterocycles. The summed E-state index contributed by atoms with van der Waals surface area (Å²) in [5.74, 6) is 0.417. The van der Waals surface area contributed by atoms with Gasteiger partial charge in [0.05, 0.1) is 25.2 Å². The molecular weight excluding hydrogens is 349 g/mol. The van der Waals surface area contributed by atoms with Crippen molar-refractivity contribution < 1.29 is 27.4 Å². The van der Waals surface area contributed by atoms with Gasteiger partial charge in [-0.25, -0.2) is 12.8 Å². The van der Waals surface area contributed by atoms with Gasteiger partial charge in [0.2, 0.25) is 10.0 Å². The Hall–Kier alpha value is -2.16. The number of halogens is 1. The van der Waals surface area contributed by atoms with E-state index in [2.05, 4.69) is 0 Å². The summed E-state index contributed by atoms with van der Waals surface area (Å²) in [5, 5.41) is 10.4. The van der Waals surface area contributed by atoms with Crippen LogP contribution in [0.15, 0.2) is 47.4 Å². The number of aliphatic hydroxyl groups excluding tert-OH is 1. The van der Waals surface area contributed by atoms with Crippen LogP contribution in [0.5, 0.6) is 11.5 Å². The number of aliphatic hydroxyl groups is 1. The fourth-order valence-electron chi connectivity index (χ4n) is 2.29. The minimum absolute atomic E-state index is 0.0455. The Bertz CT molecular complexity index is 823. The van der Waals surface area contributed by atoms with Crippen molar-refractivity contribution in [2.75, 3.05) is 27.8 Å². The number of methoxy groups -OCH3 is 2. The predicted molar refractivity (Wildman–Crippen MR) is 90.7 cm³/mol. The number of nitrogens with zero attached hydrogens (tertiary/aromatic N) is 1. The Morgan fingerprint density at radius 3 is 2.24 bits per heavy atom. The molecule has 0 spiro atoms. The van der Waals surface area contributed by atoms with Gasteiger partial charge in [-0.15, -0.1) is 0 Å². The van der Waals surface area contributed by atoms with Crippen molar-refractivity contribution in [3.8, 4) is 11.5 Å². The van der Waals surface area contributed by atoms with Gasteiger partial charge in [-0.2, -0.15) is 4.31 Å². The molecule has 0 saturated carbocycles. The molecule has 0 bridgehead atoms. The first-order chi connectivity index (χ1) is 11.8. The van der Waals surface area contributed by atoms with Crippen LogP contribution in [0.1, 0.15) is 11.7 Å². The predicted octanol–water partition coefficient (Wildman–Crippen LogP) is 2.20. The third-order valence-electron chi connectivity index (χ3n) is 3.74. The number of hydrogen-bond acceptors (Lipinski definition) is 5. The molecule has 2 rings (SSSR count). The molecule has 2 aromatic carbocycles. The fourth-order valence-corrected chi connectivity index (χ4v) is 3.47. The first-order valence-corrected chi connectivity index (χ1v) is 8.85. The van der Waals surface area contributed by atoms with Crippen LogP contribution < -0.4 is 9.47 Å². The van der Waals surface area contributed by atoms with Crippen LogP contribution in [0.25, 0.3) is 0 Å². The van der Waals surface area contributed by atoms with Crippen molar-refractivity contribution in [1.29, 1.82) is 0 Å². The summed E-state index contributed by atoms with van der Waals surface area (Å²) in [6, 6.07) is 9.36. The lowest BCUT2D eigenvalue weighted by molar-refractivity contribution is 0.154. The third kappa shape index (κ3) is 4.28. The average molecular weight is 369 g/mol. The fraction of sp³-hybridized carbons (Fsp3) is 0.294. The van der Waals surface area contributed by atoms with Crippen LogP contribution in [-0.2, 0) is 10.0 Å². The number of likely N-dealkylation sites (N-methyl/N-ethyl adjacent to an activating group) is 1. The zero-order valence-electron chi connectivity index (χ0n) is 14.1. The highest BCUT2D eigenvalue weighted by Gasteiger charge is 2.24. The van der Waals surface area contributed by atoms with Crippen LogP contribution in [0.3, 0.4) is 0 Å². The quantitative estimate of drug-likeness (QED) is 0.810. The second-order valence-electron chi connectivity index (χ2n) is 5.37. The molecule has 0 aliphatic carbocycles. The number of benzene rings is 2. The van der Waals surface area contributed by atoms with E-state index in [1.807, 2.05) is 0 Å². The van der Waals surface area contributed by atoms with Gasteiger partial charge in [0.25, 0.3) is 0 Å².